The maximum atomic E-state index is 12.7. The van der Waals surface area contributed by atoms with Crippen LogP contribution < -0.4 is 27.2 Å². The molecule has 0 bridgehead atoms. The van der Waals surface area contributed by atoms with Gasteiger partial charge < -0.3 is 16.0 Å². The van der Waals surface area contributed by atoms with Crippen molar-refractivity contribution in [2.24, 2.45) is 5.92 Å². The van der Waals surface area contributed by atoms with E-state index in [0.29, 0.717) is 17.6 Å². The lowest BCUT2D eigenvalue weighted by atomic mass is 10.1. The lowest BCUT2D eigenvalue weighted by Crippen LogP contribution is -2.46. The first-order chi connectivity index (χ1) is 13.8. The average Bonchev–Trinajstić information content (AvgIpc) is 2.68. The van der Waals surface area contributed by atoms with E-state index < -0.39 is 11.2 Å². The molecule has 7 nitrogen and oxygen atoms in total. The molecule has 1 aromatic heterocycles. The summed E-state index contributed by atoms with van der Waals surface area (Å²) in [6.45, 7) is 7.83. The number of nitrogen functional groups attached to an aromatic ring is 1. The second-order valence-corrected chi connectivity index (χ2v) is 7.87. The summed E-state index contributed by atoms with van der Waals surface area (Å²) in [6.07, 6.45) is 2.83. The molecular weight excluding hydrogens is 386 g/mol. The normalized spacial score (nSPS) is 10.9. The highest BCUT2D eigenvalue weighted by molar-refractivity contribution is 7.80. The number of hydrogen-bond acceptors (Lipinski definition) is 4. The summed E-state index contributed by atoms with van der Waals surface area (Å²) in [5, 5.41) is 3.65. The van der Waals surface area contributed by atoms with Gasteiger partial charge in [0, 0.05) is 13.1 Å². The standard InChI is InChI=1S/C21H31N5O2S/c1-4-5-12-23-21(29)25(13-11-15(2)3)17-18(22)26(20(28)24-19(17)27)14-16-9-7-6-8-10-16/h6-10,15H,4-5,11-14,22H2,1-3H3,(H,23,29)(H,24,27,28). The fourth-order valence-electron chi connectivity index (χ4n) is 2.93. The van der Waals surface area contributed by atoms with Crippen LogP contribution in [0, 0.1) is 5.92 Å². The van der Waals surface area contributed by atoms with Gasteiger partial charge in [0.25, 0.3) is 5.56 Å². The third-order valence-electron chi connectivity index (χ3n) is 4.65. The molecule has 0 unspecified atom stereocenters. The fourth-order valence-corrected chi connectivity index (χ4v) is 3.22. The van der Waals surface area contributed by atoms with E-state index in [-0.39, 0.29) is 18.1 Å². The number of aromatic amines is 1. The number of aromatic nitrogens is 2. The minimum absolute atomic E-state index is 0.117. The van der Waals surface area contributed by atoms with Crippen LogP contribution >= 0.6 is 12.2 Å². The minimum Gasteiger partial charge on any atom is -0.383 e. The molecule has 8 heteroatoms. The second-order valence-electron chi connectivity index (χ2n) is 7.48. The lowest BCUT2D eigenvalue weighted by molar-refractivity contribution is 0.590. The Labute approximate surface area is 176 Å². The van der Waals surface area contributed by atoms with Gasteiger partial charge in [-0.1, -0.05) is 57.5 Å². The van der Waals surface area contributed by atoms with Crippen LogP contribution in [0.15, 0.2) is 39.9 Å². The molecule has 1 aromatic carbocycles. The largest absolute Gasteiger partial charge is 0.383 e. The number of rotatable bonds is 9. The van der Waals surface area contributed by atoms with E-state index in [1.54, 1.807) is 4.90 Å². The number of H-pyrrole nitrogens is 1. The topological polar surface area (TPSA) is 96.2 Å². The molecule has 0 fully saturated rings. The Bertz CT molecular complexity index is 921. The summed E-state index contributed by atoms with van der Waals surface area (Å²) in [7, 11) is 0. The van der Waals surface area contributed by atoms with Gasteiger partial charge in [-0.25, -0.2) is 4.79 Å². The Morgan fingerprint density at radius 2 is 1.97 bits per heavy atom. The van der Waals surface area contributed by atoms with Crippen molar-refractivity contribution in [3.05, 3.63) is 56.7 Å². The summed E-state index contributed by atoms with van der Waals surface area (Å²) >= 11 is 5.57. The fraction of sp³-hybridized carbons (Fsp3) is 0.476. The van der Waals surface area contributed by atoms with Gasteiger partial charge in [0.2, 0.25) is 0 Å². The van der Waals surface area contributed by atoms with E-state index in [9.17, 15) is 9.59 Å². The molecule has 0 amide bonds. The maximum Gasteiger partial charge on any atom is 0.330 e. The first-order valence-electron chi connectivity index (χ1n) is 10.1. The van der Waals surface area contributed by atoms with E-state index in [2.05, 4.69) is 31.1 Å². The molecule has 2 rings (SSSR count). The Kier molecular flexibility index (Phi) is 8.45. The summed E-state index contributed by atoms with van der Waals surface area (Å²) in [4.78, 5) is 29.3. The van der Waals surface area contributed by atoms with Gasteiger partial charge in [-0.15, -0.1) is 0 Å². The van der Waals surface area contributed by atoms with Crippen molar-refractivity contribution in [2.75, 3.05) is 23.7 Å². The minimum atomic E-state index is -0.534. The highest BCUT2D eigenvalue weighted by Crippen LogP contribution is 2.19. The Morgan fingerprint density at radius 3 is 2.59 bits per heavy atom. The zero-order valence-corrected chi connectivity index (χ0v) is 18.2. The number of benzene rings is 1. The summed E-state index contributed by atoms with van der Waals surface area (Å²) in [5.41, 5.74) is 6.42. The van der Waals surface area contributed by atoms with Gasteiger partial charge in [-0.3, -0.25) is 14.3 Å². The quantitative estimate of drug-likeness (QED) is 0.429. The van der Waals surface area contributed by atoms with Gasteiger partial charge >= 0.3 is 5.69 Å². The predicted molar refractivity (Wildman–Crippen MR) is 124 cm³/mol. The molecule has 1 heterocycles. The van der Waals surface area contributed by atoms with Crippen LogP contribution in [0.1, 0.15) is 45.6 Å². The number of hydrogen-bond donors (Lipinski definition) is 3. The molecule has 0 atom stereocenters. The van der Waals surface area contributed by atoms with Crippen molar-refractivity contribution in [3.63, 3.8) is 0 Å². The highest BCUT2D eigenvalue weighted by Gasteiger charge is 2.22. The SMILES string of the molecule is CCCCNC(=S)N(CCC(C)C)c1c(N)n(Cc2ccccc2)c(=O)[nH]c1=O. The monoisotopic (exact) mass is 417 g/mol. The number of nitrogens with one attached hydrogen (secondary N) is 2. The number of nitrogens with two attached hydrogens (primary N) is 1. The van der Waals surface area contributed by atoms with Crippen LogP contribution in [0.2, 0.25) is 0 Å². The molecule has 0 aliphatic heterocycles. The zero-order valence-electron chi connectivity index (χ0n) is 17.4. The third-order valence-corrected chi connectivity index (χ3v) is 5.01. The van der Waals surface area contributed by atoms with Crippen molar-refractivity contribution in [3.8, 4) is 0 Å². The molecular formula is C21H31N5O2S. The van der Waals surface area contributed by atoms with Crippen molar-refractivity contribution in [2.45, 2.75) is 46.6 Å². The van der Waals surface area contributed by atoms with Gasteiger partial charge in [-0.2, -0.15) is 0 Å². The Balaban J connectivity index is 2.45. The van der Waals surface area contributed by atoms with E-state index in [1.807, 2.05) is 30.3 Å². The van der Waals surface area contributed by atoms with E-state index >= 15 is 0 Å². The molecule has 29 heavy (non-hydrogen) atoms. The number of thiocarbonyl (C=S) groups is 1. The third kappa shape index (κ3) is 6.19. The van der Waals surface area contributed by atoms with E-state index in [1.165, 1.54) is 4.57 Å². The zero-order chi connectivity index (χ0) is 21.4. The molecule has 4 N–H and O–H groups in total. The number of anilines is 2. The van der Waals surface area contributed by atoms with Crippen molar-refractivity contribution in [1.29, 1.82) is 0 Å². The molecule has 2 aromatic rings. The van der Waals surface area contributed by atoms with Gasteiger partial charge in [-0.05, 0) is 36.5 Å². The molecule has 0 aliphatic rings. The first kappa shape index (κ1) is 22.7. The first-order valence-corrected chi connectivity index (χ1v) is 10.5. The van der Waals surface area contributed by atoms with Crippen LogP contribution in [0.4, 0.5) is 11.5 Å². The highest BCUT2D eigenvalue weighted by atomic mass is 32.1. The van der Waals surface area contributed by atoms with Crippen LogP contribution in [0.3, 0.4) is 0 Å². The smallest absolute Gasteiger partial charge is 0.330 e. The number of nitrogens with zero attached hydrogens (tertiary/aromatic N) is 2. The Morgan fingerprint density at radius 1 is 1.28 bits per heavy atom. The van der Waals surface area contributed by atoms with Crippen LogP contribution in [0.25, 0.3) is 0 Å². The van der Waals surface area contributed by atoms with Crippen molar-refractivity contribution in [1.82, 2.24) is 14.9 Å². The summed E-state index contributed by atoms with van der Waals surface area (Å²) in [6, 6.07) is 9.51. The van der Waals surface area contributed by atoms with Crippen LogP contribution in [0.5, 0.6) is 0 Å². The molecule has 0 saturated heterocycles. The van der Waals surface area contributed by atoms with Crippen LogP contribution in [-0.2, 0) is 6.54 Å². The van der Waals surface area contributed by atoms with Gasteiger partial charge in [0.05, 0.1) is 6.54 Å². The lowest BCUT2D eigenvalue weighted by Gasteiger charge is -2.27. The van der Waals surface area contributed by atoms with E-state index in [4.69, 9.17) is 18.0 Å². The molecule has 0 saturated carbocycles. The maximum absolute atomic E-state index is 12.7. The van der Waals surface area contributed by atoms with E-state index in [0.717, 1.165) is 31.4 Å². The molecule has 0 radical (unpaired) electrons. The number of unbranched alkanes of at least 4 members (excludes halogenated alkanes) is 1. The van der Waals surface area contributed by atoms with Gasteiger partial charge in [0.1, 0.15) is 5.82 Å². The molecule has 0 spiro atoms. The summed E-state index contributed by atoms with van der Waals surface area (Å²) in [5.74, 6) is 0.539. The molecule has 158 valence electrons. The Hall–Kier alpha value is -2.61. The van der Waals surface area contributed by atoms with Gasteiger partial charge in [0.15, 0.2) is 10.8 Å². The van der Waals surface area contributed by atoms with Crippen LogP contribution in [-0.4, -0.2) is 27.8 Å². The van der Waals surface area contributed by atoms with Crippen molar-refractivity contribution < 1.29 is 0 Å². The second kappa shape index (κ2) is 10.8. The molecule has 0 aliphatic carbocycles. The van der Waals surface area contributed by atoms with Crippen molar-refractivity contribution >= 4 is 28.8 Å². The summed E-state index contributed by atoms with van der Waals surface area (Å²) < 4.78 is 1.38. The average molecular weight is 418 g/mol. The predicted octanol–water partition coefficient (Wildman–Crippen LogP) is 2.69.